The van der Waals surface area contributed by atoms with Crippen molar-refractivity contribution in [3.63, 3.8) is 0 Å². The van der Waals surface area contributed by atoms with Crippen LogP contribution < -0.4 is 10.6 Å². The molecule has 0 saturated carbocycles. The van der Waals surface area contributed by atoms with E-state index in [9.17, 15) is 13.2 Å². The lowest BCUT2D eigenvalue weighted by Crippen LogP contribution is -2.30. The molecule has 0 radical (unpaired) electrons. The fourth-order valence-electron chi connectivity index (χ4n) is 2.13. The highest BCUT2D eigenvalue weighted by Gasteiger charge is 2.35. The molecule has 0 unspecified atom stereocenters. The number of hydrogen-bond acceptors (Lipinski definition) is 6. The van der Waals surface area contributed by atoms with Crippen LogP contribution in [0.4, 0.5) is 30.6 Å². The van der Waals surface area contributed by atoms with Crippen LogP contribution in [-0.2, 0) is 10.9 Å². The molecule has 2 N–H and O–H groups in total. The van der Waals surface area contributed by atoms with E-state index in [2.05, 4.69) is 25.7 Å². The first-order valence-corrected chi connectivity index (χ1v) is 6.91. The molecule has 0 aromatic carbocycles. The van der Waals surface area contributed by atoms with Crippen molar-refractivity contribution in [3.05, 3.63) is 23.7 Å². The highest BCUT2D eigenvalue weighted by Crippen LogP contribution is 2.34. The van der Waals surface area contributed by atoms with Crippen LogP contribution in [0.15, 0.2) is 12.4 Å². The fraction of sp³-hybridized carbons (Fsp3) is 0.462. The Morgan fingerprint density at radius 2 is 2.09 bits per heavy atom. The quantitative estimate of drug-likeness (QED) is 0.897. The molecule has 0 bridgehead atoms. The van der Waals surface area contributed by atoms with Crippen LogP contribution in [0, 0.1) is 6.92 Å². The number of aromatic nitrogens is 4. The van der Waals surface area contributed by atoms with Gasteiger partial charge >= 0.3 is 6.18 Å². The molecule has 3 heterocycles. The average molecular weight is 328 g/mol. The summed E-state index contributed by atoms with van der Waals surface area (Å²) in [6.45, 7) is 2.99. The van der Waals surface area contributed by atoms with E-state index in [1.165, 1.54) is 7.05 Å². The fourth-order valence-corrected chi connectivity index (χ4v) is 2.13. The lowest BCUT2D eigenvalue weighted by molar-refractivity contribution is -0.137. The summed E-state index contributed by atoms with van der Waals surface area (Å²) in [7, 11) is 1.38. The van der Waals surface area contributed by atoms with Crippen molar-refractivity contribution >= 4 is 17.5 Å². The van der Waals surface area contributed by atoms with Gasteiger partial charge in [-0.1, -0.05) is 0 Å². The normalized spacial score (nSPS) is 15.3. The summed E-state index contributed by atoms with van der Waals surface area (Å²) in [6, 6.07) is 0.186. The van der Waals surface area contributed by atoms with E-state index in [0.717, 1.165) is 6.20 Å². The zero-order valence-corrected chi connectivity index (χ0v) is 12.5. The Balaban J connectivity index is 1.84. The van der Waals surface area contributed by atoms with Gasteiger partial charge in [0.1, 0.15) is 11.4 Å². The van der Waals surface area contributed by atoms with Crippen molar-refractivity contribution in [3.8, 4) is 0 Å². The Hall–Kier alpha value is -2.36. The van der Waals surface area contributed by atoms with Crippen LogP contribution in [-0.4, -0.2) is 40.0 Å². The molecule has 2 aromatic rings. The van der Waals surface area contributed by atoms with E-state index in [-0.39, 0.29) is 17.8 Å². The van der Waals surface area contributed by atoms with Crippen LogP contribution in [0.2, 0.25) is 0 Å². The number of ether oxygens (including phenoxy) is 1. The third kappa shape index (κ3) is 3.07. The average Bonchev–Trinajstić information content (AvgIpc) is 2.76. The molecule has 2 aromatic heterocycles. The van der Waals surface area contributed by atoms with Gasteiger partial charge in [0.15, 0.2) is 0 Å². The lowest BCUT2D eigenvalue weighted by Gasteiger charge is -2.25. The minimum absolute atomic E-state index is 0.0647. The van der Waals surface area contributed by atoms with Crippen molar-refractivity contribution in [1.82, 2.24) is 19.7 Å². The molecule has 10 heteroatoms. The summed E-state index contributed by atoms with van der Waals surface area (Å²) in [5, 5.41) is 9.68. The van der Waals surface area contributed by atoms with Gasteiger partial charge in [0.05, 0.1) is 30.6 Å². The number of hydrogen-bond donors (Lipinski definition) is 2. The predicted molar refractivity (Wildman–Crippen MR) is 76.7 cm³/mol. The summed E-state index contributed by atoms with van der Waals surface area (Å²) in [5.41, 5.74) is 0.426. The second-order valence-electron chi connectivity index (χ2n) is 5.13. The first kappa shape index (κ1) is 15.5. The molecule has 0 atom stereocenters. The van der Waals surface area contributed by atoms with Gasteiger partial charge in [-0.15, -0.1) is 0 Å². The van der Waals surface area contributed by atoms with E-state index in [1.54, 1.807) is 17.8 Å². The Morgan fingerprint density at radius 1 is 1.35 bits per heavy atom. The molecular formula is C13H15F3N6O. The highest BCUT2D eigenvalue weighted by atomic mass is 19.4. The molecule has 3 rings (SSSR count). The Kier molecular flexibility index (Phi) is 3.84. The van der Waals surface area contributed by atoms with E-state index >= 15 is 0 Å². The molecule has 1 aliphatic heterocycles. The van der Waals surface area contributed by atoms with E-state index in [1.807, 2.05) is 0 Å². The van der Waals surface area contributed by atoms with Crippen molar-refractivity contribution in [2.24, 2.45) is 0 Å². The molecule has 0 spiro atoms. The third-order valence-corrected chi connectivity index (χ3v) is 3.49. The second-order valence-corrected chi connectivity index (χ2v) is 5.13. The number of aryl methyl sites for hydroxylation is 1. The number of rotatable bonds is 4. The predicted octanol–water partition coefficient (Wildman–Crippen LogP) is 2.36. The maximum atomic E-state index is 12.8. The number of nitrogens with zero attached hydrogens (tertiary/aromatic N) is 4. The van der Waals surface area contributed by atoms with Crippen LogP contribution in [0.25, 0.3) is 0 Å². The van der Waals surface area contributed by atoms with Gasteiger partial charge in [-0.2, -0.15) is 23.3 Å². The maximum absolute atomic E-state index is 12.8. The third-order valence-electron chi connectivity index (χ3n) is 3.49. The summed E-state index contributed by atoms with van der Waals surface area (Å²) >= 11 is 0. The van der Waals surface area contributed by atoms with Gasteiger partial charge in [-0.3, -0.25) is 4.68 Å². The maximum Gasteiger partial charge on any atom is 0.421 e. The lowest BCUT2D eigenvalue weighted by atomic mass is 10.3. The molecule has 7 nitrogen and oxygen atoms in total. The van der Waals surface area contributed by atoms with E-state index in [4.69, 9.17) is 4.74 Å². The SMILES string of the molecule is CNc1nc(Nc2cn(C3COC3)nc2C)ncc1C(F)(F)F. The van der Waals surface area contributed by atoms with Gasteiger partial charge in [-0.25, -0.2) is 4.98 Å². The van der Waals surface area contributed by atoms with Gasteiger partial charge in [0, 0.05) is 19.4 Å². The Bertz CT molecular complexity index is 710. The van der Waals surface area contributed by atoms with E-state index in [0.29, 0.717) is 24.6 Å². The standard InChI is InChI=1S/C13H15F3N6O/c1-7-10(4-22(21-7)8-5-23-6-8)19-12-18-3-9(13(14,15)16)11(17-2)20-12/h3-4,8H,5-6H2,1-2H3,(H2,17,18,19,20). The second kappa shape index (κ2) is 5.69. The van der Waals surface area contributed by atoms with Crippen molar-refractivity contribution < 1.29 is 17.9 Å². The molecule has 124 valence electrons. The zero-order chi connectivity index (χ0) is 16.6. The highest BCUT2D eigenvalue weighted by molar-refractivity contribution is 5.57. The van der Waals surface area contributed by atoms with Crippen LogP contribution in [0.1, 0.15) is 17.3 Å². The van der Waals surface area contributed by atoms with Crippen molar-refractivity contribution in [2.75, 3.05) is 30.9 Å². The summed E-state index contributed by atoms with van der Waals surface area (Å²) < 4.78 is 45.4. The molecule has 1 fully saturated rings. The number of alkyl halides is 3. The minimum atomic E-state index is -4.51. The van der Waals surface area contributed by atoms with Gasteiger partial charge < -0.3 is 15.4 Å². The zero-order valence-electron chi connectivity index (χ0n) is 12.5. The molecule has 1 saturated heterocycles. The number of halogens is 3. The number of nitrogens with one attached hydrogen (secondary N) is 2. The minimum Gasteiger partial charge on any atom is -0.377 e. The molecular weight excluding hydrogens is 313 g/mol. The van der Waals surface area contributed by atoms with Crippen molar-refractivity contribution in [1.29, 1.82) is 0 Å². The molecule has 23 heavy (non-hydrogen) atoms. The van der Waals surface area contributed by atoms with Gasteiger partial charge in [0.25, 0.3) is 0 Å². The summed E-state index contributed by atoms with van der Waals surface area (Å²) in [4.78, 5) is 7.60. The topological polar surface area (TPSA) is 76.9 Å². The van der Waals surface area contributed by atoms with Crippen molar-refractivity contribution in [2.45, 2.75) is 19.1 Å². The summed E-state index contributed by atoms with van der Waals surface area (Å²) in [6.07, 6.45) is -1.99. The van der Waals surface area contributed by atoms with Gasteiger partial charge in [-0.05, 0) is 6.92 Å². The van der Waals surface area contributed by atoms with Crippen LogP contribution >= 0.6 is 0 Å². The smallest absolute Gasteiger partial charge is 0.377 e. The van der Waals surface area contributed by atoms with Crippen LogP contribution in [0.3, 0.4) is 0 Å². The largest absolute Gasteiger partial charge is 0.421 e. The number of anilines is 3. The van der Waals surface area contributed by atoms with Gasteiger partial charge in [0.2, 0.25) is 5.95 Å². The molecule has 1 aliphatic rings. The Morgan fingerprint density at radius 3 is 2.65 bits per heavy atom. The first-order valence-electron chi connectivity index (χ1n) is 6.91. The van der Waals surface area contributed by atoms with E-state index < -0.39 is 11.7 Å². The first-order chi connectivity index (χ1) is 10.9. The summed E-state index contributed by atoms with van der Waals surface area (Å²) in [5.74, 6) is -0.220. The monoisotopic (exact) mass is 328 g/mol. The Labute approximate surface area is 129 Å². The van der Waals surface area contributed by atoms with Crippen LogP contribution in [0.5, 0.6) is 0 Å². The molecule has 0 amide bonds. The molecule has 0 aliphatic carbocycles.